The summed E-state index contributed by atoms with van der Waals surface area (Å²) in [5.41, 5.74) is 5.36. The molecule has 1 aliphatic rings. The van der Waals surface area contributed by atoms with Gasteiger partial charge in [0.15, 0.2) is 0 Å². The number of halogens is 2. The fraction of sp³-hybridized carbons (Fsp3) is 0.538. The third kappa shape index (κ3) is 4.16. The van der Waals surface area contributed by atoms with E-state index in [4.69, 9.17) is 5.73 Å². The summed E-state index contributed by atoms with van der Waals surface area (Å²) >= 11 is 1.47. The Morgan fingerprint density at radius 3 is 2.76 bits per heavy atom. The van der Waals surface area contributed by atoms with Gasteiger partial charge in [-0.3, -0.25) is 9.59 Å². The van der Waals surface area contributed by atoms with Crippen LogP contribution in [0.25, 0.3) is 0 Å². The van der Waals surface area contributed by atoms with Crippen LogP contribution in [0.4, 0.5) is 8.78 Å². The number of alkyl halides is 2. The average Bonchev–Trinajstić information content (AvgIpc) is 2.86. The molecule has 1 saturated carbocycles. The van der Waals surface area contributed by atoms with Crippen LogP contribution < -0.4 is 11.1 Å². The first kappa shape index (κ1) is 16.2. The molecular formula is C13H16F2N2O2S2. The second-order valence-electron chi connectivity index (χ2n) is 4.87. The minimum Gasteiger partial charge on any atom is -0.369 e. The molecule has 2 atom stereocenters. The molecule has 2 unspecified atom stereocenters. The molecule has 0 aliphatic heterocycles. The smallest absolute Gasteiger partial charge is 0.288 e. The van der Waals surface area contributed by atoms with Gasteiger partial charge in [0.05, 0.1) is 5.92 Å². The molecular weight excluding hydrogens is 318 g/mol. The molecule has 2 amide bonds. The van der Waals surface area contributed by atoms with Crippen molar-refractivity contribution < 1.29 is 18.4 Å². The van der Waals surface area contributed by atoms with Gasteiger partial charge in [0.2, 0.25) is 5.91 Å². The van der Waals surface area contributed by atoms with E-state index in [9.17, 15) is 18.4 Å². The molecule has 0 radical (unpaired) electrons. The minimum absolute atomic E-state index is 0.258. The standard InChI is InChI=1S/C13H16F2N2O2S2/c14-13(15)21-9-5-6-20-10(9)12(19)17-8-4-2-1-3-7(8)11(16)18/h5-8,13H,1-4H2,(H2,16,18)(H,17,19). The lowest BCUT2D eigenvalue weighted by Gasteiger charge is -2.29. The van der Waals surface area contributed by atoms with Crippen molar-refractivity contribution in [2.75, 3.05) is 0 Å². The van der Waals surface area contributed by atoms with E-state index in [1.54, 1.807) is 5.38 Å². The first-order valence-corrected chi connectivity index (χ1v) is 8.37. The zero-order valence-electron chi connectivity index (χ0n) is 11.2. The lowest BCUT2D eigenvalue weighted by molar-refractivity contribution is -0.123. The Morgan fingerprint density at radius 1 is 1.38 bits per heavy atom. The molecule has 4 nitrogen and oxygen atoms in total. The van der Waals surface area contributed by atoms with E-state index in [1.165, 1.54) is 6.07 Å². The van der Waals surface area contributed by atoms with Crippen molar-refractivity contribution in [3.8, 4) is 0 Å². The zero-order chi connectivity index (χ0) is 15.4. The molecule has 21 heavy (non-hydrogen) atoms. The molecule has 0 aromatic carbocycles. The molecule has 3 N–H and O–H groups in total. The van der Waals surface area contributed by atoms with Gasteiger partial charge < -0.3 is 11.1 Å². The van der Waals surface area contributed by atoms with E-state index in [-0.39, 0.29) is 21.7 Å². The van der Waals surface area contributed by atoms with E-state index in [2.05, 4.69) is 5.32 Å². The van der Waals surface area contributed by atoms with Crippen LogP contribution in [0.2, 0.25) is 0 Å². The number of carbonyl (C=O) groups is 2. The molecule has 1 fully saturated rings. The van der Waals surface area contributed by atoms with Crippen molar-refractivity contribution in [1.82, 2.24) is 5.32 Å². The van der Waals surface area contributed by atoms with Gasteiger partial charge in [0.25, 0.3) is 11.7 Å². The van der Waals surface area contributed by atoms with E-state index in [1.807, 2.05) is 0 Å². The average molecular weight is 334 g/mol. The molecule has 2 rings (SSSR count). The lowest BCUT2D eigenvalue weighted by atomic mass is 9.84. The Morgan fingerprint density at radius 2 is 2.10 bits per heavy atom. The van der Waals surface area contributed by atoms with E-state index in [0.29, 0.717) is 24.6 Å². The first-order valence-electron chi connectivity index (χ1n) is 6.61. The number of thiophene rings is 1. The number of amides is 2. The van der Waals surface area contributed by atoms with Gasteiger partial charge in [-0.1, -0.05) is 24.6 Å². The van der Waals surface area contributed by atoms with Gasteiger partial charge >= 0.3 is 0 Å². The molecule has 1 aliphatic carbocycles. The summed E-state index contributed by atoms with van der Waals surface area (Å²) in [4.78, 5) is 24.2. The first-order chi connectivity index (χ1) is 9.99. The number of carbonyl (C=O) groups excluding carboxylic acids is 2. The van der Waals surface area contributed by atoms with Gasteiger partial charge in [-0.15, -0.1) is 11.3 Å². The highest BCUT2D eigenvalue weighted by Gasteiger charge is 2.31. The number of thioether (sulfide) groups is 1. The van der Waals surface area contributed by atoms with Crippen molar-refractivity contribution in [2.24, 2.45) is 11.7 Å². The highest BCUT2D eigenvalue weighted by atomic mass is 32.2. The Hall–Kier alpha value is -1.15. The second kappa shape index (κ2) is 7.22. The maximum absolute atomic E-state index is 12.4. The fourth-order valence-electron chi connectivity index (χ4n) is 2.53. The molecule has 0 bridgehead atoms. The summed E-state index contributed by atoms with van der Waals surface area (Å²) in [7, 11) is 0. The lowest BCUT2D eigenvalue weighted by Crippen LogP contribution is -2.47. The highest BCUT2D eigenvalue weighted by Crippen LogP contribution is 2.32. The number of nitrogens with one attached hydrogen (secondary N) is 1. The van der Waals surface area contributed by atoms with Crippen LogP contribution in [0.5, 0.6) is 0 Å². The summed E-state index contributed by atoms with van der Waals surface area (Å²) in [6, 6.07) is 1.19. The van der Waals surface area contributed by atoms with Crippen LogP contribution in [0.3, 0.4) is 0 Å². The molecule has 0 saturated heterocycles. The molecule has 0 spiro atoms. The van der Waals surface area contributed by atoms with Crippen LogP contribution in [0.15, 0.2) is 16.3 Å². The van der Waals surface area contributed by atoms with Crippen molar-refractivity contribution in [1.29, 1.82) is 0 Å². The normalized spacial score (nSPS) is 22.2. The van der Waals surface area contributed by atoms with Crippen LogP contribution in [-0.2, 0) is 4.79 Å². The third-order valence-corrected chi connectivity index (χ3v) is 5.31. The topological polar surface area (TPSA) is 72.2 Å². The number of hydrogen-bond acceptors (Lipinski definition) is 4. The van der Waals surface area contributed by atoms with Crippen LogP contribution in [0, 0.1) is 5.92 Å². The van der Waals surface area contributed by atoms with Crippen LogP contribution >= 0.6 is 23.1 Å². The van der Waals surface area contributed by atoms with Gasteiger partial charge in [-0.25, -0.2) is 0 Å². The van der Waals surface area contributed by atoms with Crippen molar-refractivity contribution in [2.45, 2.75) is 42.4 Å². The predicted molar refractivity (Wildman–Crippen MR) is 78.6 cm³/mol. The minimum atomic E-state index is -2.57. The van der Waals surface area contributed by atoms with Crippen LogP contribution in [-0.4, -0.2) is 23.6 Å². The number of nitrogens with two attached hydrogens (primary N) is 1. The third-order valence-electron chi connectivity index (χ3n) is 3.50. The Bertz CT molecular complexity index is 522. The highest BCUT2D eigenvalue weighted by molar-refractivity contribution is 7.99. The van der Waals surface area contributed by atoms with Gasteiger partial charge in [-0.05, 0) is 24.3 Å². The van der Waals surface area contributed by atoms with Gasteiger partial charge in [0.1, 0.15) is 4.88 Å². The summed E-state index contributed by atoms with van der Waals surface area (Å²) in [6.45, 7) is 0. The second-order valence-corrected chi connectivity index (χ2v) is 6.81. The van der Waals surface area contributed by atoms with Crippen LogP contribution in [0.1, 0.15) is 35.4 Å². The summed E-state index contributed by atoms with van der Waals surface area (Å²) in [5, 5.41) is 4.38. The van der Waals surface area contributed by atoms with Crippen molar-refractivity contribution >= 4 is 34.9 Å². The molecule has 1 aromatic heterocycles. The largest absolute Gasteiger partial charge is 0.369 e. The SMILES string of the molecule is NC(=O)C1CCCCC1NC(=O)c1sccc1SC(F)F. The van der Waals surface area contributed by atoms with E-state index >= 15 is 0 Å². The maximum Gasteiger partial charge on any atom is 0.288 e. The molecule has 1 aromatic rings. The predicted octanol–water partition coefficient (Wildman–Crippen LogP) is 2.84. The molecule has 116 valence electrons. The van der Waals surface area contributed by atoms with Crippen molar-refractivity contribution in [3.05, 3.63) is 16.3 Å². The fourth-order valence-corrected chi connectivity index (χ4v) is 4.13. The quantitative estimate of drug-likeness (QED) is 0.813. The summed E-state index contributed by atoms with van der Waals surface area (Å²) < 4.78 is 24.9. The molecule has 8 heteroatoms. The van der Waals surface area contributed by atoms with E-state index < -0.39 is 17.6 Å². The number of hydrogen-bond donors (Lipinski definition) is 2. The maximum atomic E-state index is 12.4. The Balaban J connectivity index is 2.06. The summed E-state index contributed by atoms with van der Waals surface area (Å²) in [6.07, 6.45) is 3.16. The summed E-state index contributed by atoms with van der Waals surface area (Å²) in [5.74, 6) is -3.78. The Kier molecular flexibility index (Phi) is 5.58. The zero-order valence-corrected chi connectivity index (χ0v) is 12.8. The number of primary amides is 1. The van der Waals surface area contributed by atoms with Gasteiger partial charge in [-0.2, -0.15) is 8.78 Å². The number of rotatable bonds is 5. The van der Waals surface area contributed by atoms with Gasteiger partial charge in [0, 0.05) is 10.9 Å². The molecule has 1 heterocycles. The van der Waals surface area contributed by atoms with E-state index in [0.717, 1.165) is 24.2 Å². The Labute approximate surface area is 129 Å². The van der Waals surface area contributed by atoms with Crippen molar-refractivity contribution in [3.63, 3.8) is 0 Å². The monoisotopic (exact) mass is 334 g/mol.